The first-order valence-corrected chi connectivity index (χ1v) is 11.2. The minimum Gasteiger partial charge on any atom is -0.494 e. The molecule has 1 atom stereocenters. The van der Waals surface area contributed by atoms with Gasteiger partial charge in [-0.05, 0) is 42.6 Å². The molecule has 0 radical (unpaired) electrons. The van der Waals surface area contributed by atoms with Crippen LogP contribution in [0.1, 0.15) is 18.3 Å². The highest BCUT2D eigenvalue weighted by atomic mass is 32.2. The first kappa shape index (κ1) is 22.6. The third-order valence-electron chi connectivity index (χ3n) is 4.89. The summed E-state index contributed by atoms with van der Waals surface area (Å²) in [4.78, 5) is 8.80. The number of nitrogens with one attached hydrogen (secondary N) is 1. The van der Waals surface area contributed by atoms with E-state index in [4.69, 9.17) is 9.47 Å². The van der Waals surface area contributed by atoms with Crippen molar-refractivity contribution in [3.63, 3.8) is 0 Å². The standard InChI is InChI=1S/C22H26N8O2S/c1-14-12-23-19(24-13-14)11-15(2)33-28-22-26-25-21(16-9-10-29(3)27-16)30(22)20-17(31-4)7-6-8-18(20)32-5/h6-10,12-13,15H,11H2,1-5H3,(H,26,28)/t15-/m0/s1. The molecule has 0 bridgehead atoms. The summed E-state index contributed by atoms with van der Waals surface area (Å²) in [5, 5.41) is 13.5. The van der Waals surface area contributed by atoms with E-state index < -0.39 is 0 Å². The number of aryl methyl sites for hydroxylation is 2. The Hall–Kier alpha value is -3.60. The molecule has 0 saturated heterocycles. The third kappa shape index (κ3) is 4.92. The summed E-state index contributed by atoms with van der Waals surface area (Å²) in [5.74, 6) is 3.14. The second kappa shape index (κ2) is 9.90. The number of hydrogen-bond donors (Lipinski definition) is 1. The van der Waals surface area contributed by atoms with Gasteiger partial charge in [-0.2, -0.15) is 5.10 Å². The van der Waals surface area contributed by atoms with Gasteiger partial charge in [-0.1, -0.05) is 13.0 Å². The van der Waals surface area contributed by atoms with Crippen LogP contribution in [-0.4, -0.2) is 54.0 Å². The number of aromatic nitrogens is 7. The van der Waals surface area contributed by atoms with Crippen molar-refractivity contribution in [2.45, 2.75) is 25.5 Å². The van der Waals surface area contributed by atoms with E-state index in [-0.39, 0.29) is 5.25 Å². The van der Waals surface area contributed by atoms with Gasteiger partial charge in [-0.3, -0.25) is 14.0 Å². The Labute approximate surface area is 196 Å². The minimum absolute atomic E-state index is 0.177. The molecule has 0 aliphatic heterocycles. The average Bonchev–Trinajstić information content (AvgIpc) is 3.44. The Morgan fingerprint density at radius 1 is 1.06 bits per heavy atom. The number of ether oxygens (including phenoxy) is 2. The Kier molecular flexibility index (Phi) is 6.78. The molecule has 1 N–H and O–H groups in total. The molecule has 33 heavy (non-hydrogen) atoms. The fourth-order valence-corrected chi connectivity index (χ4v) is 3.96. The molecule has 0 aliphatic rings. The number of rotatable bonds is 9. The lowest BCUT2D eigenvalue weighted by atomic mass is 10.2. The number of nitrogens with zero attached hydrogens (tertiary/aromatic N) is 7. The molecular weight excluding hydrogens is 440 g/mol. The van der Waals surface area contributed by atoms with Gasteiger partial charge in [-0.25, -0.2) is 9.97 Å². The second-order valence-corrected chi connectivity index (χ2v) is 8.72. The van der Waals surface area contributed by atoms with Crippen LogP contribution in [0.4, 0.5) is 5.95 Å². The minimum atomic E-state index is 0.177. The monoisotopic (exact) mass is 466 g/mol. The van der Waals surface area contributed by atoms with Gasteiger partial charge in [0.25, 0.3) is 0 Å². The summed E-state index contributed by atoms with van der Waals surface area (Å²) in [6.45, 7) is 4.08. The number of anilines is 1. The van der Waals surface area contributed by atoms with Crippen LogP contribution in [0.25, 0.3) is 17.2 Å². The molecule has 0 unspecified atom stereocenters. The van der Waals surface area contributed by atoms with Crippen molar-refractivity contribution >= 4 is 17.9 Å². The molecule has 0 aliphatic carbocycles. The van der Waals surface area contributed by atoms with Crippen LogP contribution in [0, 0.1) is 6.92 Å². The Morgan fingerprint density at radius 3 is 2.36 bits per heavy atom. The van der Waals surface area contributed by atoms with Crippen LogP contribution in [0.15, 0.2) is 42.9 Å². The summed E-state index contributed by atoms with van der Waals surface area (Å²) < 4.78 is 18.2. The van der Waals surface area contributed by atoms with Crippen LogP contribution in [0.2, 0.25) is 0 Å². The second-order valence-electron chi connectivity index (χ2n) is 7.48. The van der Waals surface area contributed by atoms with Gasteiger partial charge in [0.05, 0.1) is 14.2 Å². The number of para-hydroxylation sites is 1. The molecule has 1 aromatic carbocycles. The lowest BCUT2D eigenvalue weighted by molar-refractivity contribution is 0.391. The van der Waals surface area contributed by atoms with E-state index in [9.17, 15) is 0 Å². The molecule has 3 heterocycles. The van der Waals surface area contributed by atoms with Gasteiger partial charge >= 0.3 is 0 Å². The van der Waals surface area contributed by atoms with E-state index in [1.165, 1.54) is 11.9 Å². The maximum Gasteiger partial charge on any atom is 0.239 e. The van der Waals surface area contributed by atoms with Crippen LogP contribution in [0.5, 0.6) is 11.5 Å². The number of hydrogen-bond acceptors (Lipinski definition) is 9. The van der Waals surface area contributed by atoms with Gasteiger partial charge in [0.2, 0.25) is 5.95 Å². The normalized spacial score (nSPS) is 11.9. The van der Waals surface area contributed by atoms with Crippen LogP contribution in [-0.2, 0) is 13.5 Å². The SMILES string of the molecule is COc1cccc(OC)c1-n1c(NS[C@@H](C)Cc2ncc(C)cn2)nnc1-c1ccn(C)n1. The summed E-state index contributed by atoms with van der Waals surface area (Å²) in [5.41, 5.74) is 2.40. The van der Waals surface area contributed by atoms with E-state index in [0.717, 1.165) is 11.4 Å². The van der Waals surface area contributed by atoms with Crippen molar-refractivity contribution in [3.05, 3.63) is 54.2 Å². The fourth-order valence-electron chi connectivity index (χ4n) is 3.29. The van der Waals surface area contributed by atoms with E-state index in [2.05, 4.69) is 36.9 Å². The maximum absolute atomic E-state index is 5.64. The van der Waals surface area contributed by atoms with Crippen molar-refractivity contribution in [2.24, 2.45) is 7.05 Å². The Balaban J connectivity index is 1.68. The molecule has 4 aromatic rings. The maximum atomic E-state index is 5.64. The molecule has 0 spiro atoms. The number of methoxy groups -OCH3 is 2. The quantitative estimate of drug-likeness (QED) is 0.371. The van der Waals surface area contributed by atoms with Gasteiger partial charge < -0.3 is 9.47 Å². The van der Waals surface area contributed by atoms with E-state index in [1.807, 2.05) is 61.4 Å². The van der Waals surface area contributed by atoms with Crippen molar-refractivity contribution in [3.8, 4) is 28.7 Å². The topological polar surface area (TPSA) is 105 Å². The first-order chi connectivity index (χ1) is 16.0. The van der Waals surface area contributed by atoms with Gasteiger partial charge in [0.1, 0.15) is 28.7 Å². The molecule has 4 rings (SSSR count). The van der Waals surface area contributed by atoms with E-state index in [0.29, 0.717) is 41.1 Å². The largest absolute Gasteiger partial charge is 0.494 e. The van der Waals surface area contributed by atoms with Crippen molar-refractivity contribution in [1.82, 2.24) is 34.5 Å². The first-order valence-electron chi connectivity index (χ1n) is 10.4. The predicted molar refractivity (Wildman–Crippen MR) is 128 cm³/mol. The Bertz CT molecular complexity index is 1200. The van der Waals surface area contributed by atoms with Crippen molar-refractivity contribution in [2.75, 3.05) is 18.9 Å². The molecule has 3 aromatic heterocycles. The predicted octanol–water partition coefficient (Wildman–Crippen LogP) is 3.47. The summed E-state index contributed by atoms with van der Waals surface area (Å²) in [6, 6.07) is 7.50. The van der Waals surface area contributed by atoms with Gasteiger partial charge in [0.15, 0.2) is 5.82 Å². The molecule has 0 fully saturated rings. The Morgan fingerprint density at radius 2 is 1.76 bits per heavy atom. The van der Waals surface area contributed by atoms with E-state index in [1.54, 1.807) is 18.9 Å². The lowest BCUT2D eigenvalue weighted by Gasteiger charge is -2.18. The highest BCUT2D eigenvalue weighted by Crippen LogP contribution is 2.37. The average molecular weight is 467 g/mol. The zero-order chi connectivity index (χ0) is 23.4. The van der Waals surface area contributed by atoms with Gasteiger partial charge in [0, 0.05) is 37.3 Å². The summed E-state index contributed by atoms with van der Waals surface area (Å²) in [6.07, 6.45) is 6.23. The van der Waals surface area contributed by atoms with Crippen molar-refractivity contribution in [1.29, 1.82) is 0 Å². The van der Waals surface area contributed by atoms with E-state index >= 15 is 0 Å². The molecular formula is C22H26N8O2S. The number of benzene rings is 1. The third-order valence-corrected chi connectivity index (χ3v) is 5.76. The molecule has 0 saturated carbocycles. The zero-order valence-electron chi connectivity index (χ0n) is 19.2. The highest BCUT2D eigenvalue weighted by molar-refractivity contribution is 8.01. The molecule has 0 amide bonds. The van der Waals surface area contributed by atoms with Crippen molar-refractivity contribution < 1.29 is 9.47 Å². The molecule has 172 valence electrons. The van der Waals surface area contributed by atoms with Crippen LogP contribution >= 0.6 is 11.9 Å². The van der Waals surface area contributed by atoms with Crippen LogP contribution in [0.3, 0.4) is 0 Å². The fraction of sp³-hybridized carbons (Fsp3) is 0.318. The summed E-state index contributed by atoms with van der Waals surface area (Å²) in [7, 11) is 5.10. The lowest BCUT2D eigenvalue weighted by Crippen LogP contribution is -2.11. The summed E-state index contributed by atoms with van der Waals surface area (Å²) >= 11 is 1.52. The molecule has 11 heteroatoms. The van der Waals surface area contributed by atoms with Crippen LogP contribution < -0.4 is 14.2 Å². The highest BCUT2D eigenvalue weighted by Gasteiger charge is 2.24. The smallest absolute Gasteiger partial charge is 0.239 e. The molecule has 10 nitrogen and oxygen atoms in total. The van der Waals surface area contributed by atoms with Gasteiger partial charge in [-0.15, -0.1) is 10.2 Å². The zero-order valence-corrected chi connectivity index (χ0v) is 20.0.